The standard InChI is InChI=1S/C16H21F2NO5/c1-9(2)6-11(15(21)22)8-19-14(20)10-4-5-12(23-3)13(7-10)24-16(17)18/h4-5,7,9,11,16H,6,8H2,1-3H3,(H,19,20)(H,21,22). The minimum absolute atomic E-state index is 0.0522. The van der Waals surface area contributed by atoms with E-state index in [9.17, 15) is 18.4 Å². The van der Waals surface area contributed by atoms with Crippen LogP contribution in [0.15, 0.2) is 18.2 Å². The summed E-state index contributed by atoms with van der Waals surface area (Å²) in [6.45, 7) is 0.660. The molecule has 0 fully saturated rings. The van der Waals surface area contributed by atoms with Crippen LogP contribution in [0.2, 0.25) is 0 Å². The van der Waals surface area contributed by atoms with E-state index in [1.54, 1.807) is 0 Å². The molecule has 0 aliphatic carbocycles. The summed E-state index contributed by atoms with van der Waals surface area (Å²) in [6.07, 6.45) is 0.415. The average Bonchev–Trinajstić information content (AvgIpc) is 2.49. The van der Waals surface area contributed by atoms with Crippen LogP contribution < -0.4 is 14.8 Å². The smallest absolute Gasteiger partial charge is 0.387 e. The lowest BCUT2D eigenvalue weighted by atomic mass is 9.97. The summed E-state index contributed by atoms with van der Waals surface area (Å²) in [6, 6.07) is 3.83. The normalized spacial score (nSPS) is 12.1. The monoisotopic (exact) mass is 345 g/mol. The number of ether oxygens (including phenoxy) is 2. The highest BCUT2D eigenvalue weighted by atomic mass is 19.3. The third-order valence-electron chi connectivity index (χ3n) is 3.26. The number of hydrogen-bond donors (Lipinski definition) is 2. The Morgan fingerprint density at radius 2 is 1.92 bits per heavy atom. The minimum atomic E-state index is -3.06. The Bertz CT molecular complexity index is 578. The van der Waals surface area contributed by atoms with Gasteiger partial charge >= 0.3 is 12.6 Å². The van der Waals surface area contributed by atoms with E-state index in [1.165, 1.54) is 19.2 Å². The molecule has 1 amide bonds. The average molecular weight is 345 g/mol. The van der Waals surface area contributed by atoms with Gasteiger partial charge in [0.15, 0.2) is 11.5 Å². The van der Waals surface area contributed by atoms with Crippen molar-refractivity contribution in [3.05, 3.63) is 23.8 Å². The van der Waals surface area contributed by atoms with Gasteiger partial charge in [0, 0.05) is 12.1 Å². The molecule has 0 heterocycles. The van der Waals surface area contributed by atoms with Crippen LogP contribution in [0.1, 0.15) is 30.6 Å². The van der Waals surface area contributed by atoms with Crippen LogP contribution in [0.3, 0.4) is 0 Å². The van der Waals surface area contributed by atoms with Crippen LogP contribution in [-0.2, 0) is 4.79 Å². The van der Waals surface area contributed by atoms with E-state index in [-0.39, 0.29) is 29.5 Å². The van der Waals surface area contributed by atoms with E-state index in [2.05, 4.69) is 10.1 Å². The Kier molecular flexibility index (Phi) is 7.41. The van der Waals surface area contributed by atoms with Crippen LogP contribution in [-0.4, -0.2) is 37.2 Å². The molecule has 1 unspecified atom stereocenters. The first-order valence-electron chi connectivity index (χ1n) is 7.38. The number of hydrogen-bond acceptors (Lipinski definition) is 4. The van der Waals surface area contributed by atoms with E-state index in [0.29, 0.717) is 6.42 Å². The Morgan fingerprint density at radius 1 is 1.25 bits per heavy atom. The Morgan fingerprint density at radius 3 is 2.42 bits per heavy atom. The molecule has 24 heavy (non-hydrogen) atoms. The molecule has 0 saturated carbocycles. The van der Waals surface area contributed by atoms with Crippen LogP contribution in [0.25, 0.3) is 0 Å². The Balaban J connectivity index is 2.81. The molecule has 0 aliphatic rings. The number of halogens is 2. The molecule has 0 spiro atoms. The summed E-state index contributed by atoms with van der Waals surface area (Å²) < 4.78 is 34.0. The number of carboxylic acid groups (broad SMARTS) is 1. The van der Waals surface area contributed by atoms with Crippen molar-refractivity contribution in [3.63, 3.8) is 0 Å². The first-order chi connectivity index (χ1) is 11.2. The molecule has 0 aromatic heterocycles. The molecular weight excluding hydrogens is 324 g/mol. The number of carbonyl (C=O) groups is 2. The van der Waals surface area contributed by atoms with Gasteiger partial charge in [-0.1, -0.05) is 13.8 Å². The predicted octanol–water partition coefficient (Wildman–Crippen LogP) is 2.77. The van der Waals surface area contributed by atoms with E-state index in [4.69, 9.17) is 9.84 Å². The summed E-state index contributed by atoms with van der Waals surface area (Å²) in [5.74, 6) is -2.33. The lowest BCUT2D eigenvalue weighted by molar-refractivity contribution is -0.142. The van der Waals surface area contributed by atoms with Gasteiger partial charge < -0.3 is 19.9 Å². The number of amides is 1. The van der Waals surface area contributed by atoms with Crippen LogP contribution in [0, 0.1) is 11.8 Å². The van der Waals surface area contributed by atoms with Crippen molar-refractivity contribution in [1.82, 2.24) is 5.32 Å². The number of carbonyl (C=O) groups excluding carboxylic acids is 1. The number of benzene rings is 1. The molecule has 1 aromatic carbocycles. The van der Waals surface area contributed by atoms with Gasteiger partial charge in [0.25, 0.3) is 5.91 Å². The van der Waals surface area contributed by atoms with Crippen molar-refractivity contribution in [2.75, 3.05) is 13.7 Å². The third kappa shape index (κ3) is 6.02. The van der Waals surface area contributed by atoms with E-state index in [1.807, 2.05) is 13.8 Å². The zero-order chi connectivity index (χ0) is 18.3. The quantitative estimate of drug-likeness (QED) is 0.719. The maximum absolute atomic E-state index is 12.4. The lowest BCUT2D eigenvalue weighted by Gasteiger charge is -2.16. The first kappa shape index (κ1) is 19.7. The molecule has 6 nitrogen and oxygen atoms in total. The molecule has 1 atom stereocenters. The highest BCUT2D eigenvalue weighted by molar-refractivity contribution is 5.95. The van der Waals surface area contributed by atoms with Crippen LogP contribution in [0.4, 0.5) is 8.78 Å². The zero-order valence-electron chi connectivity index (χ0n) is 13.7. The fraction of sp³-hybridized carbons (Fsp3) is 0.500. The van der Waals surface area contributed by atoms with Gasteiger partial charge in [-0.3, -0.25) is 9.59 Å². The summed E-state index contributed by atoms with van der Waals surface area (Å²) in [7, 11) is 1.29. The fourth-order valence-electron chi connectivity index (χ4n) is 2.16. The highest BCUT2D eigenvalue weighted by Gasteiger charge is 2.21. The van der Waals surface area contributed by atoms with Crippen LogP contribution in [0.5, 0.6) is 11.5 Å². The second kappa shape index (κ2) is 9.05. The molecule has 0 radical (unpaired) electrons. The topological polar surface area (TPSA) is 84.9 Å². The van der Waals surface area contributed by atoms with Gasteiger partial charge in [-0.2, -0.15) is 8.78 Å². The van der Waals surface area contributed by atoms with Crippen molar-refractivity contribution in [2.24, 2.45) is 11.8 Å². The summed E-state index contributed by atoms with van der Waals surface area (Å²) in [5.41, 5.74) is 0.0696. The highest BCUT2D eigenvalue weighted by Crippen LogP contribution is 2.29. The molecule has 1 aromatic rings. The zero-order valence-corrected chi connectivity index (χ0v) is 13.7. The van der Waals surface area contributed by atoms with Crippen molar-refractivity contribution in [3.8, 4) is 11.5 Å². The molecule has 0 bridgehead atoms. The second-order valence-electron chi connectivity index (χ2n) is 5.62. The first-order valence-corrected chi connectivity index (χ1v) is 7.38. The number of carboxylic acids is 1. The maximum Gasteiger partial charge on any atom is 0.387 e. The third-order valence-corrected chi connectivity index (χ3v) is 3.26. The number of nitrogens with one attached hydrogen (secondary N) is 1. The van der Waals surface area contributed by atoms with Gasteiger partial charge in [-0.25, -0.2) is 0 Å². The Hall–Kier alpha value is -2.38. The number of rotatable bonds is 9. The Labute approximate surface area is 138 Å². The summed E-state index contributed by atoms with van der Waals surface area (Å²) in [4.78, 5) is 23.3. The van der Waals surface area contributed by atoms with Gasteiger partial charge in [0.05, 0.1) is 13.0 Å². The van der Waals surface area contributed by atoms with E-state index < -0.39 is 24.4 Å². The van der Waals surface area contributed by atoms with Gasteiger partial charge in [-0.05, 0) is 30.5 Å². The minimum Gasteiger partial charge on any atom is -0.493 e. The largest absolute Gasteiger partial charge is 0.493 e. The number of aliphatic carboxylic acids is 1. The van der Waals surface area contributed by atoms with Gasteiger partial charge in [0.1, 0.15) is 0 Å². The van der Waals surface area contributed by atoms with Crippen molar-refractivity contribution >= 4 is 11.9 Å². The molecule has 134 valence electrons. The molecule has 0 aliphatic heterocycles. The molecule has 2 N–H and O–H groups in total. The van der Waals surface area contributed by atoms with Crippen molar-refractivity contribution in [2.45, 2.75) is 26.9 Å². The van der Waals surface area contributed by atoms with Gasteiger partial charge in [-0.15, -0.1) is 0 Å². The summed E-state index contributed by atoms with van der Waals surface area (Å²) in [5, 5.41) is 11.6. The SMILES string of the molecule is COc1ccc(C(=O)NCC(CC(C)C)C(=O)O)cc1OC(F)F. The van der Waals surface area contributed by atoms with Crippen molar-refractivity contribution in [1.29, 1.82) is 0 Å². The fourth-order valence-corrected chi connectivity index (χ4v) is 2.16. The van der Waals surface area contributed by atoms with E-state index >= 15 is 0 Å². The summed E-state index contributed by atoms with van der Waals surface area (Å²) >= 11 is 0. The number of alkyl halides is 2. The molecule has 0 saturated heterocycles. The molecular formula is C16H21F2NO5. The second-order valence-corrected chi connectivity index (χ2v) is 5.62. The molecule has 1 rings (SSSR count). The maximum atomic E-state index is 12.4. The van der Waals surface area contributed by atoms with Gasteiger partial charge in [0.2, 0.25) is 0 Å². The number of methoxy groups -OCH3 is 1. The van der Waals surface area contributed by atoms with E-state index in [0.717, 1.165) is 6.07 Å². The lowest BCUT2D eigenvalue weighted by Crippen LogP contribution is -2.33. The molecule has 8 heteroatoms. The predicted molar refractivity (Wildman–Crippen MR) is 82.5 cm³/mol. The van der Waals surface area contributed by atoms with Crippen LogP contribution >= 0.6 is 0 Å². The van der Waals surface area contributed by atoms with Crippen molar-refractivity contribution < 1.29 is 33.0 Å².